The molecule has 0 bridgehead atoms. The molecule has 2 aromatic rings. The zero-order chi connectivity index (χ0) is 16.1. The number of primary amides is 1. The highest BCUT2D eigenvalue weighted by Gasteiger charge is 2.09. The number of nitrogens with two attached hydrogens (primary N) is 1. The molecule has 0 fully saturated rings. The summed E-state index contributed by atoms with van der Waals surface area (Å²) in [6, 6.07) is 4.11. The van der Waals surface area contributed by atoms with E-state index in [0.29, 0.717) is 12.2 Å². The van der Waals surface area contributed by atoms with Gasteiger partial charge in [-0.05, 0) is 25.1 Å². The molecule has 0 aliphatic heterocycles. The first kappa shape index (κ1) is 15.8. The van der Waals surface area contributed by atoms with Crippen molar-refractivity contribution in [1.29, 1.82) is 0 Å². The van der Waals surface area contributed by atoms with Gasteiger partial charge in [0.25, 0.3) is 0 Å². The first-order valence-corrected chi connectivity index (χ1v) is 7.03. The molecule has 2 rings (SSSR count). The van der Waals surface area contributed by atoms with Gasteiger partial charge in [0.05, 0.1) is 16.8 Å². The van der Waals surface area contributed by atoms with Crippen molar-refractivity contribution in [2.24, 2.45) is 5.73 Å². The summed E-state index contributed by atoms with van der Waals surface area (Å²) in [6.45, 7) is 3.12. The number of nitrogens with zero attached hydrogens (tertiary/aromatic N) is 2. The number of benzene rings is 1. The van der Waals surface area contributed by atoms with Crippen molar-refractivity contribution in [2.75, 3.05) is 5.32 Å². The van der Waals surface area contributed by atoms with E-state index in [2.05, 4.69) is 15.7 Å². The molecular formula is C14H16ClN5O2. The van der Waals surface area contributed by atoms with Gasteiger partial charge in [0.15, 0.2) is 0 Å². The molecule has 1 heterocycles. The van der Waals surface area contributed by atoms with E-state index in [-0.39, 0.29) is 16.6 Å². The molecule has 116 valence electrons. The summed E-state index contributed by atoms with van der Waals surface area (Å²) in [5.74, 6) is -0.617. The summed E-state index contributed by atoms with van der Waals surface area (Å²) in [7, 11) is 0. The Bertz CT molecular complexity index is 698. The van der Waals surface area contributed by atoms with E-state index < -0.39 is 5.91 Å². The molecule has 8 heteroatoms. The van der Waals surface area contributed by atoms with Crippen molar-refractivity contribution < 1.29 is 9.59 Å². The first-order valence-electron chi connectivity index (χ1n) is 6.65. The van der Waals surface area contributed by atoms with E-state index in [4.69, 9.17) is 17.3 Å². The van der Waals surface area contributed by atoms with Gasteiger partial charge >= 0.3 is 6.03 Å². The number of carbonyl (C=O) groups is 2. The third-order valence-corrected chi connectivity index (χ3v) is 3.27. The molecule has 0 saturated carbocycles. The molecule has 0 aliphatic carbocycles. The summed E-state index contributed by atoms with van der Waals surface area (Å²) < 4.78 is 1.78. The Labute approximate surface area is 132 Å². The number of halogens is 1. The second kappa shape index (κ2) is 6.95. The number of carbonyl (C=O) groups excluding carboxylic acids is 2. The number of anilines is 1. The Balaban J connectivity index is 1.91. The molecule has 0 aliphatic rings. The first-order chi connectivity index (χ1) is 10.5. The lowest BCUT2D eigenvalue weighted by molar-refractivity contribution is 0.100. The maximum Gasteiger partial charge on any atom is 0.319 e. The average Bonchev–Trinajstić information content (AvgIpc) is 2.93. The SMILES string of the molecule is CCn1cc(CNC(=O)Nc2ccc(C(N)=O)c(Cl)c2)cn1. The van der Waals surface area contributed by atoms with Crippen LogP contribution in [0.5, 0.6) is 0 Å². The lowest BCUT2D eigenvalue weighted by atomic mass is 10.2. The van der Waals surface area contributed by atoms with Gasteiger partial charge in [-0.15, -0.1) is 0 Å². The molecule has 0 radical (unpaired) electrons. The van der Waals surface area contributed by atoms with Gasteiger partial charge in [-0.2, -0.15) is 5.10 Å². The summed E-state index contributed by atoms with van der Waals surface area (Å²) in [5, 5.41) is 9.64. The van der Waals surface area contributed by atoms with Crippen LogP contribution in [0, 0.1) is 0 Å². The summed E-state index contributed by atoms with van der Waals surface area (Å²) in [4.78, 5) is 22.9. The van der Waals surface area contributed by atoms with Crippen molar-refractivity contribution in [3.63, 3.8) is 0 Å². The second-order valence-corrected chi connectivity index (χ2v) is 4.98. The van der Waals surface area contributed by atoms with Crippen LogP contribution in [0.2, 0.25) is 5.02 Å². The molecule has 0 atom stereocenters. The van der Waals surface area contributed by atoms with Gasteiger partial charge in [0.2, 0.25) is 5.91 Å². The maximum absolute atomic E-state index is 11.8. The van der Waals surface area contributed by atoms with Crippen LogP contribution in [0.25, 0.3) is 0 Å². The minimum absolute atomic E-state index is 0.189. The highest BCUT2D eigenvalue weighted by atomic mass is 35.5. The number of amides is 3. The van der Waals surface area contributed by atoms with Crippen LogP contribution >= 0.6 is 11.6 Å². The smallest absolute Gasteiger partial charge is 0.319 e. The minimum atomic E-state index is -0.617. The number of urea groups is 1. The topological polar surface area (TPSA) is 102 Å². The molecule has 3 amide bonds. The van der Waals surface area contributed by atoms with Crippen LogP contribution in [0.1, 0.15) is 22.8 Å². The van der Waals surface area contributed by atoms with Crippen molar-refractivity contribution in [2.45, 2.75) is 20.0 Å². The highest BCUT2D eigenvalue weighted by molar-refractivity contribution is 6.34. The van der Waals surface area contributed by atoms with E-state index in [1.807, 2.05) is 13.1 Å². The van der Waals surface area contributed by atoms with Crippen molar-refractivity contribution in [3.8, 4) is 0 Å². The lowest BCUT2D eigenvalue weighted by Gasteiger charge is -2.08. The largest absolute Gasteiger partial charge is 0.366 e. The van der Waals surface area contributed by atoms with Crippen LogP contribution in [0.3, 0.4) is 0 Å². The van der Waals surface area contributed by atoms with Gasteiger partial charge < -0.3 is 16.4 Å². The summed E-state index contributed by atoms with van der Waals surface area (Å²) in [5.41, 5.74) is 6.74. The molecule has 1 aromatic heterocycles. The normalized spacial score (nSPS) is 10.3. The van der Waals surface area contributed by atoms with Gasteiger partial charge in [-0.3, -0.25) is 9.48 Å². The Morgan fingerprint density at radius 2 is 2.18 bits per heavy atom. The number of hydrogen-bond acceptors (Lipinski definition) is 3. The summed E-state index contributed by atoms with van der Waals surface area (Å²) in [6.07, 6.45) is 3.56. The van der Waals surface area contributed by atoms with E-state index in [0.717, 1.165) is 12.1 Å². The fraction of sp³-hybridized carbons (Fsp3) is 0.214. The molecular weight excluding hydrogens is 306 g/mol. The number of hydrogen-bond donors (Lipinski definition) is 3. The van der Waals surface area contributed by atoms with E-state index in [1.54, 1.807) is 16.9 Å². The minimum Gasteiger partial charge on any atom is -0.366 e. The number of rotatable bonds is 5. The quantitative estimate of drug-likeness (QED) is 0.784. The monoisotopic (exact) mass is 321 g/mol. The zero-order valence-corrected chi connectivity index (χ0v) is 12.7. The second-order valence-electron chi connectivity index (χ2n) is 4.57. The van der Waals surface area contributed by atoms with Gasteiger partial charge in [0.1, 0.15) is 0 Å². The van der Waals surface area contributed by atoms with Crippen molar-refractivity contribution in [1.82, 2.24) is 15.1 Å². The standard InChI is InChI=1S/C14H16ClN5O2/c1-2-20-8-9(7-18-20)6-17-14(22)19-10-3-4-11(13(16)21)12(15)5-10/h3-5,7-8H,2,6H2,1H3,(H2,16,21)(H2,17,19,22). The molecule has 7 nitrogen and oxygen atoms in total. The molecule has 0 saturated heterocycles. The molecule has 1 aromatic carbocycles. The fourth-order valence-electron chi connectivity index (χ4n) is 1.82. The number of aromatic nitrogens is 2. The van der Waals surface area contributed by atoms with Crippen LogP contribution < -0.4 is 16.4 Å². The third-order valence-electron chi connectivity index (χ3n) is 2.96. The average molecular weight is 322 g/mol. The Morgan fingerprint density at radius 3 is 2.77 bits per heavy atom. The number of nitrogens with one attached hydrogen (secondary N) is 2. The van der Waals surface area contributed by atoms with Gasteiger partial charge in [-0.1, -0.05) is 11.6 Å². The molecule has 0 spiro atoms. The van der Waals surface area contributed by atoms with Gasteiger partial charge in [0, 0.05) is 30.5 Å². The van der Waals surface area contributed by atoms with Crippen LogP contribution in [-0.2, 0) is 13.1 Å². The zero-order valence-electron chi connectivity index (χ0n) is 12.0. The Morgan fingerprint density at radius 1 is 1.41 bits per heavy atom. The molecule has 4 N–H and O–H groups in total. The predicted octanol–water partition coefficient (Wildman–Crippen LogP) is 1.98. The Hall–Kier alpha value is -2.54. The van der Waals surface area contributed by atoms with E-state index in [1.165, 1.54) is 12.1 Å². The summed E-state index contributed by atoms with van der Waals surface area (Å²) >= 11 is 5.92. The molecule has 22 heavy (non-hydrogen) atoms. The predicted molar refractivity (Wildman–Crippen MR) is 83.7 cm³/mol. The lowest BCUT2D eigenvalue weighted by Crippen LogP contribution is -2.28. The van der Waals surface area contributed by atoms with Crippen LogP contribution in [0.15, 0.2) is 30.6 Å². The van der Waals surface area contributed by atoms with E-state index in [9.17, 15) is 9.59 Å². The Kier molecular flexibility index (Phi) is 5.00. The van der Waals surface area contributed by atoms with Crippen LogP contribution in [0.4, 0.5) is 10.5 Å². The van der Waals surface area contributed by atoms with Crippen molar-refractivity contribution >= 4 is 29.2 Å². The third kappa shape index (κ3) is 3.98. The molecule has 0 unspecified atom stereocenters. The van der Waals surface area contributed by atoms with Gasteiger partial charge in [-0.25, -0.2) is 4.79 Å². The fourth-order valence-corrected chi connectivity index (χ4v) is 2.09. The van der Waals surface area contributed by atoms with Crippen molar-refractivity contribution in [3.05, 3.63) is 46.7 Å². The maximum atomic E-state index is 11.8. The number of aryl methyl sites for hydroxylation is 1. The highest BCUT2D eigenvalue weighted by Crippen LogP contribution is 2.20. The van der Waals surface area contributed by atoms with E-state index >= 15 is 0 Å². The van der Waals surface area contributed by atoms with Crippen LogP contribution in [-0.4, -0.2) is 21.7 Å².